The van der Waals surface area contributed by atoms with Crippen molar-refractivity contribution in [3.63, 3.8) is 0 Å². The lowest BCUT2D eigenvalue weighted by Gasteiger charge is -2.14. The summed E-state index contributed by atoms with van der Waals surface area (Å²) in [7, 11) is 0. The Morgan fingerprint density at radius 3 is 2.05 bits per heavy atom. The number of nitrogens with two attached hydrogens (primary N) is 1. The number of fused-ring (bicyclic) bond motifs is 1. The normalized spacial score (nSPS) is 13.7. The van der Waals surface area contributed by atoms with E-state index in [4.69, 9.17) is 5.73 Å². The lowest BCUT2D eigenvalue weighted by Crippen LogP contribution is -2.29. The second-order valence-corrected chi connectivity index (χ2v) is 4.75. The molecule has 3 rings (SSSR count). The molecule has 106 valence electrons. The molecule has 0 saturated carbocycles. The standard InChI is InChI=1S/C15H10F2N2O2/c16-12-5-10-11(6-13(12)17)15(21)19(14(10)20)7-8-2-1-3-9(18)4-8/h1-6H,7,18H2. The van der Waals surface area contributed by atoms with E-state index in [1.54, 1.807) is 24.3 Å². The molecule has 6 heteroatoms. The Morgan fingerprint density at radius 2 is 1.52 bits per heavy atom. The predicted molar refractivity (Wildman–Crippen MR) is 71.4 cm³/mol. The van der Waals surface area contributed by atoms with Gasteiger partial charge < -0.3 is 5.73 Å². The third kappa shape index (κ3) is 2.14. The number of nitrogens with zero attached hydrogens (tertiary/aromatic N) is 1. The number of amides is 2. The van der Waals surface area contributed by atoms with Crippen LogP contribution in [-0.2, 0) is 6.54 Å². The van der Waals surface area contributed by atoms with Crippen LogP contribution in [0.15, 0.2) is 36.4 Å². The number of carbonyl (C=O) groups is 2. The van der Waals surface area contributed by atoms with E-state index < -0.39 is 23.4 Å². The first-order chi connectivity index (χ1) is 9.97. The number of anilines is 1. The van der Waals surface area contributed by atoms with Gasteiger partial charge in [-0.15, -0.1) is 0 Å². The van der Waals surface area contributed by atoms with Crippen molar-refractivity contribution >= 4 is 17.5 Å². The van der Waals surface area contributed by atoms with Crippen LogP contribution < -0.4 is 5.73 Å². The first kappa shape index (κ1) is 13.2. The van der Waals surface area contributed by atoms with Gasteiger partial charge >= 0.3 is 0 Å². The molecule has 2 N–H and O–H groups in total. The van der Waals surface area contributed by atoms with Gasteiger partial charge in [-0.1, -0.05) is 12.1 Å². The van der Waals surface area contributed by atoms with Crippen molar-refractivity contribution in [3.05, 3.63) is 64.7 Å². The third-order valence-corrected chi connectivity index (χ3v) is 3.30. The van der Waals surface area contributed by atoms with Crippen LogP contribution in [-0.4, -0.2) is 16.7 Å². The molecule has 0 spiro atoms. The highest BCUT2D eigenvalue weighted by atomic mass is 19.2. The summed E-state index contributed by atoms with van der Waals surface area (Å²) in [5.41, 5.74) is 6.55. The number of imide groups is 1. The Morgan fingerprint density at radius 1 is 0.952 bits per heavy atom. The minimum atomic E-state index is -1.15. The van der Waals surface area contributed by atoms with E-state index in [2.05, 4.69) is 0 Å². The molecule has 2 aromatic rings. The number of rotatable bonds is 2. The van der Waals surface area contributed by atoms with E-state index in [0.717, 1.165) is 17.0 Å². The van der Waals surface area contributed by atoms with Crippen LogP contribution in [0.25, 0.3) is 0 Å². The van der Waals surface area contributed by atoms with E-state index >= 15 is 0 Å². The van der Waals surface area contributed by atoms with Crippen LogP contribution in [0.5, 0.6) is 0 Å². The summed E-state index contributed by atoms with van der Waals surface area (Å²) in [6.45, 7) is 0.000620. The monoisotopic (exact) mass is 288 g/mol. The van der Waals surface area contributed by atoms with Gasteiger partial charge in [-0.2, -0.15) is 0 Å². The first-order valence-electron chi connectivity index (χ1n) is 6.17. The quantitative estimate of drug-likeness (QED) is 0.681. The molecule has 1 heterocycles. The van der Waals surface area contributed by atoms with Crippen LogP contribution in [0.4, 0.5) is 14.5 Å². The van der Waals surface area contributed by atoms with Crippen molar-refractivity contribution in [3.8, 4) is 0 Å². The van der Waals surface area contributed by atoms with Gasteiger partial charge in [0.2, 0.25) is 0 Å². The van der Waals surface area contributed by atoms with Gasteiger partial charge in [-0.05, 0) is 29.8 Å². The molecule has 0 bridgehead atoms. The molecule has 0 fully saturated rings. The molecular weight excluding hydrogens is 278 g/mol. The zero-order valence-electron chi connectivity index (χ0n) is 10.8. The molecule has 4 nitrogen and oxygen atoms in total. The van der Waals surface area contributed by atoms with E-state index in [-0.39, 0.29) is 17.7 Å². The highest BCUT2D eigenvalue weighted by Gasteiger charge is 2.36. The number of carbonyl (C=O) groups excluding carboxylic acids is 2. The molecular formula is C15H10F2N2O2. The van der Waals surface area contributed by atoms with Crippen LogP contribution >= 0.6 is 0 Å². The Kier molecular flexibility index (Phi) is 2.94. The lowest BCUT2D eigenvalue weighted by molar-refractivity contribution is 0.0642. The molecule has 0 aliphatic carbocycles. The van der Waals surface area contributed by atoms with Gasteiger partial charge in [0.1, 0.15) is 0 Å². The van der Waals surface area contributed by atoms with Crippen LogP contribution in [0.3, 0.4) is 0 Å². The van der Waals surface area contributed by atoms with Crippen molar-refractivity contribution in [1.29, 1.82) is 0 Å². The topological polar surface area (TPSA) is 63.4 Å². The minimum absolute atomic E-state index is 0.000620. The van der Waals surface area contributed by atoms with Gasteiger partial charge in [-0.3, -0.25) is 14.5 Å². The summed E-state index contributed by atoms with van der Waals surface area (Å²) in [6, 6.07) is 8.22. The summed E-state index contributed by atoms with van der Waals surface area (Å²) in [4.78, 5) is 25.2. The number of halogens is 2. The fraction of sp³-hybridized carbons (Fsp3) is 0.0667. The highest BCUT2D eigenvalue weighted by Crippen LogP contribution is 2.26. The van der Waals surface area contributed by atoms with Gasteiger partial charge in [0.25, 0.3) is 11.8 Å². The summed E-state index contributed by atoms with van der Waals surface area (Å²) in [6.07, 6.45) is 0. The van der Waals surface area contributed by atoms with E-state index in [9.17, 15) is 18.4 Å². The molecule has 0 radical (unpaired) electrons. The molecule has 1 aliphatic rings. The molecule has 0 aromatic heterocycles. The van der Waals surface area contributed by atoms with Crippen molar-refractivity contribution in [2.24, 2.45) is 0 Å². The molecule has 21 heavy (non-hydrogen) atoms. The van der Waals surface area contributed by atoms with Gasteiger partial charge in [0.05, 0.1) is 17.7 Å². The maximum Gasteiger partial charge on any atom is 0.261 e. The summed E-state index contributed by atoms with van der Waals surface area (Å²) >= 11 is 0. The zero-order valence-corrected chi connectivity index (χ0v) is 10.8. The number of benzene rings is 2. The Bertz CT molecular complexity index is 733. The SMILES string of the molecule is Nc1cccc(CN2C(=O)c3cc(F)c(F)cc3C2=O)c1. The minimum Gasteiger partial charge on any atom is -0.399 e. The van der Waals surface area contributed by atoms with Gasteiger partial charge in [-0.25, -0.2) is 8.78 Å². The number of hydrogen-bond donors (Lipinski definition) is 1. The summed E-state index contributed by atoms with van der Waals surface area (Å²) in [5, 5.41) is 0. The highest BCUT2D eigenvalue weighted by molar-refractivity contribution is 6.21. The number of hydrogen-bond acceptors (Lipinski definition) is 3. The Balaban J connectivity index is 1.96. The fourth-order valence-electron chi connectivity index (χ4n) is 2.30. The van der Waals surface area contributed by atoms with Gasteiger partial charge in [0, 0.05) is 5.69 Å². The van der Waals surface area contributed by atoms with Crippen LogP contribution in [0, 0.1) is 11.6 Å². The smallest absolute Gasteiger partial charge is 0.261 e. The Labute approximate surface area is 118 Å². The van der Waals surface area contributed by atoms with E-state index in [1.165, 1.54) is 0 Å². The molecule has 2 amide bonds. The average Bonchev–Trinajstić information content (AvgIpc) is 2.65. The van der Waals surface area contributed by atoms with Crippen LogP contribution in [0.2, 0.25) is 0 Å². The molecule has 0 unspecified atom stereocenters. The maximum atomic E-state index is 13.2. The van der Waals surface area contributed by atoms with Crippen molar-refractivity contribution in [1.82, 2.24) is 4.90 Å². The largest absolute Gasteiger partial charge is 0.399 e. The molecule has 1 aliphatic heterocycles. The van der Waals surface area contributed by atoms with Crippen molar-refractivity contribution < 1.29 is 18.4 Å². The van der Waals surface area contributed by atoms with Crippen molar-refractivity contribution in [2.45, 2.75) is 6.54 Å². The zero-order chi connectivity index (χ0) is 15.1. The second kappa shape index (κ2) is 4.66. The summed E-state index contributed by atoms with van der Waals surface area (Å²) < 4.78 is 26.4. The third-order valence-electron chi connectivity index (χ3n) is 3.30. The summed E-state index contributed by atoms with van der Waals surface area (Å²) in [5.74, 6) is -3.59. The second-order valence-electron chi connectivity index (χ2n) is 4.75. The number of nitrogen functional groups attached to an aromatic ring is 1. The fourth-order valence-corrected chi connectivity index (χ4v) is 2.30. The average molecular weight is 288 g/mol. The van der Waals surface area contributed by atoms with Crippen molar-refractivity contribution in [2.75, 3.05) is 5.73 Å². The van der Waals surface area contributed by atoms with E-state index in [0.29, 0.717) is 11.3 Å². The Hall–Kier alpha value is -2.76. The molecule has 2 aromatic carbocycles. The molecule has 0 atom stereocenters. The maximum absolute atomic E-state index is 13.2. The van der Waals surface area contributed by atoms with Gasteiger partial charge in [0.15, 0.2) is 11.6 Å². The molecule has 0 saturated heterocycles. The first-order valence-corrected chi connectivity index (χ1v) is 6.17. The lowest BCUT2D eigenvalue weighted by atomic mass is 10.1. The van der Waals surface area contributed by atoms with Crippen LogP contribution in [0.1, 0.15) is 26.3 Å². The predicted octanol–water partition coefficient (Wildman–Crippen LogP) is 2.34. The van der Waals surface area contributed by atoms with E-state index in [1.807, 2.05) is 0 Å².